The number of rotatable bonds is 7. The summed E-state index contributed by atoms with van der Waals surface area (Å²) in [5.74, 6) is 3.68. The van der Waals surface area contributed by atoms with Gasteiger partial charge in [-0.05, 0) is 41.3 Å². The molecule has 8 nitrogen and oxygen atoms in total. The normalized spacial score (nSPS) is 18.4. The highest BCUT2D eigenvalue weighted by molar-refractivity contribution is 5.78. The second kappa shape index (κ2) is 10.7. The minimum absolute atomic E-state index is 0.0587. The van der Waals surface area contributed by atoms with E-state index in [1.807, 2.05) is 17.0 Å². The highest BCUT2D eigenvalue weighted by atomic mass is 16.7. The van der Waals surface area contributed by atoms with E-state index in [9.17, 15) is 4.79 Å². The van der Waals surface area contributed by atoms with E-state index in [1.165, 1.54) is 5.56 Å². The van der Waals surface area contributed by atoms with Crippen LogP contribution in [0.1, 0.15) is 37.4 Å². The van der Waals surface area contributed by atoms with Gasteiger partial charge in [-0.25, -0.2) is 0 Å². The third kappa shape index (κ3) is 5.65. The smallest absolute Gasteiger partial charge is 0.236 e. The zero-order chi connectivity index (χ0) is 24.2. The van der Waals surface area contributed by atoms with Crippen LogP contribution in [0, 0.1) is 5.92 Å². The van der Waals surface area contributed by atoms with Gasteiger partial charge in [-0.2, -0.15) is 0 Å². The summed E-state index contributed by atoms with van der Waals surface area (Å²) in [6.07, 6.45) is 0.883. The van der Waals surface area contributed by atoms with Gasteiger partial charge in [-0.3, -0.25) is 9.69 Å². The van der Waals surface area contributed by atoms with Gasteiger partial charge in [0.25, 0.3) is 0 Å². The molecule has 5 rings (SSSR count). The lowest BCUT2D eigenvalue weighted by molar-refractivity contribution is -0.132. The molecule has 3 aliphatic rings. The lowest BCUT2D eigenvalue weighted by Crippen LogP contribution is -2.50. The third-order valence-corrected chi connectivity index (χ3v) is 6.84. The molecule has 0 aliphatic carbocycles. The molecule has 2 aromatic rings. The Balaban J connectivity index is 1.12. The zero-order valence-electron chi connectivity index (χ0n) is 20.6. The summed E-state index contributed by atoms with van der Waals surface area (Å²) in [6, 6.07) is 12.3. The molecule has 0 aromatic heterocycles. The van der Waals surface area contributed by atoms with Crippen LogP contribution in [0.4, 0.5) is 0 Å². The van der Waals surface area contributed by atoms with E-state index in [0.29, 0.717) is 32.5 Å². The molecule has 0 bridgehead atoms. The molecule has 1 N–H and O–H groups in total. The van der Waals surface area contributed by atoms with E-state index in [0.717, 1.165) is 67.7 Å². The number of carbonyl (C=O) groups is 1. The van der Waals surface area contributed by atoms with E-state index >= 15 is 0 Å². The van der Waals surface area contributed by atoms with Crippen molar-refractivity contribution in [2.75, 3.05) is 52.7 Å². The SMILES string of the molecule is CC(C)[C@@H](NCC(=O)N1CCN(Cc2ccc3c(c2)OCO3)CC1)c1ccc2c(c1)OCCCO2. The highest BCUT2D eigenvalue weighted by Gasteiger charge is 2.24. The van der Waals surface area contributed by atoms with Crippen molar-refractivity contribution in [3.05, 3.63) is 47.5 Å². The molecule has 2 aromatic carbocycles. The molecule has 8 heteroatoms. The monoisotopic (exact) mass is 481 g/mol. The first-order chi connectivity index (χ1) is 17.1. The van der Waals surface area contributed by atoms with Crippen LogP contribution >= 0.6 is 0 Å². The Kier molecular flexibility index (Phi) is 7.29. The van der Waals surface area contributed by atoms with Crippen molar-refractivity contribution < 1.29 is 23.7 Å². The van der Waals surface area contributed by atoms with Crippen molar-refractivity contribution in [3.63, 3.8) is 0 Å². The fourth-order valence-corrected chi connectivity index (χ4v) is 4.87. The summed E-state index contributed by atoms with van der Waals surface area (Å²) in [6.45, 7) is 10.3. The molecule has 0 spiro atoms. The van der Waals surface area contributed by atoms with Crippen molar-refractivity contribution in [1.82, 2.24) is 15.1 Å². The number of hydrogen-bond acceptors (Lipinski definition) is 7. The van der Waals surface area contributed by atoms with Gasteiger partial charge >= 0.3 is 0 Å². The van der Waals surface area contributed by atoms with E-state index in [1.54, 1.807) is 0 Å². The molecule has 1 fully saturated rings. The minimum Gasteiger partial charge on any atom is -0.490 e. The van der Waals surface area contributed by atoms with Gasteiger partial charge < -0.3 is 29.2 Å². The Labute approximate surface area is 207 Å². The lowest BCUT2D eigenvalue weighted by atomic mass is 9.95. The average Bonchev–Trinajstić information content (AvgIpc) is 3.20. The van der Waals surface area contributed by atoms with Gasteiger partial charge in [0.2, 0.25) is 12.7 Å². The van der Waals surface area contributed by atoms with E-state index < -0.39 is 0 Å². The van der Waals surface area contributed by atoms with E-state index in [-0.39, 0.29) is 11.9 Å². The Hall–Kier alpha value is -2.97. The second-order valence-corrected chi connectivity index (χ2v) is 9.70. The summed E-state index contributed by atoms with van der Waals surface area (Å²) in [5.41, 5.74) is 2.32. The number of piperazine rings is 1. The van der Waals surface area contributed by atoms with Crippen molar-refractivity contribution in [3.8, 4) is 23.0 Å². The largest absolute Gasteiger partial charge is 0.490 e. The Bertz CT molecular complexity index is 1040. The van der Waals surface area contributed by atoms with Gasteiger partial charge in [-0.1, -0.05) is 26.0 Å². The minimum atomic E-state index is 0.0587. The molecule has 3 heterocycles. The predicted octanol–water partition coefficient (Wildman–Crippen LogP) is 3.21. The average molecular weight is 482 g/mol. The molecule has 0 unspecified atom stereocenters. The number of nitrogens with one attached hydrogen (secondary N) is 1. The maximum absolute atomic E-state index is 13.0. The van der Waals surface area contributed by atoms with Gasteiger partial charge in [0.1, 0.15) is 0 Å². The van der Waals surface area contributed by atoms with Crippen molar-refractivity contribution in [2.24, 2.45) is 5.92 Å². The number of carbonyl (C=O) groups excluding carboxylic acids is 1. The topological polar surface area (TPSA) is 72.5 Å². The fraction of sp³-hybridized carbons (Fsp3) is 0.519. The zero-order valence-corrected chi connectivity index (χ0v) is 20.6. The predicted molar refractivity (Wildman–Crippen MR) is 132 cm³/mol. The summed E-state index contributed by atoms with van der Waals surface area (Å²) in [5, 5.41) is 3.50. The van der Waals surface area contributed by atoms with Gasteiger partial charge in [0, 0.05) is 45.2 Å². The summed E-state index contributed by atoms with van der Waals surface area (Å²) in [7, 11) is 0. The third-order valence-electron chi connectivity index (χ3n) is 6.84. The van der Waals surface area contributed by atoms with Gasteiger partial charge in [0.05, 0.1) is 19.8 Å². The molecule has 1 saturated heterocycles. The molecule has 3 aliphatic heterocycles. The fourth-order valence-electron chi connectivity index (χ4n) is 4.87. The van der Waals surface area contributed by atoms with Crippen LogP contribution in [0.15, 0.2) is 36.4 Å². The van der Waals surface area contributed by atoms with Crippen molar-refractivity contribution >= 4 is 5.91 Å². The van der Waals surface area contributed by atoms with Crippen LogP contribution in [0.3, 0.4) is 0 Å². The summed E-state index contributed by atoms with van der Waals surface area (Å²) < 4.78 is 22.5. The van der Waals surface area contributed by atoms with E-state index in [4.69, 9.17) is 18.9 Å². The number of nitrogens with zero attached hydrogens (tertiary/aromatic N) is 2. The van der Waals surface area contributed by atoms with Crippen LogP contribution in [-0.4, -0.2) is 68.4 Å². The molecular formula is C27H35N3O5. The number of fused-ring (bicyclic) bond motifs is 2. The van der Waals surface area contributed by atoms with Crippen LogP contribution in [0.25, 0.3) is 0 Å². The number of hydrogen-bond donors (Lipinski definition) is 1. The van der Waals surface area contributed by atoms with Crippen molar-refractivity contribution in [1.29, 1.82) is 0 Å². The first kappa shape index (κ1) is 23.8. The van der Waals surface area contributed by atoms with Crippen LogP contribution < -0.4 is 24.3 Å². The van der Waals surface area contributed by atoms with Gasteiger partial charge in [0.15, 0.2) is 23.0 Å². The lowest BCUT2D eigenvalue weighted by Gasteiger charge is -2.35. The van der Waals surface area contributed by atoms with Crippen LogP contribution in [0.2, 0.25) is 0 Å². The molecule has 0 radical (unpaired) electrons. The molecule has 35 heavy (non-hydrogen) atoms. The van der Waals surface area contributed by atoms with Crippen LogP contribution in [-0.2, 0) is 11.3 Å². The number of benzene rings is 2. The summed E-state index contributed by atoms with van der Waals surface area (Å²) in [4.78, 5) is 17.3. The molecule has 1 atom stereocenters. The first-order valence-corrected chi connectivity index (χ1v) is 12.6. The molecule has 1 amide bonds. The molecular weight excluding hydrogens is 446 g/mol. The van der Waals surface area contributed by atoms with E-state index in [2.05, 4.69) is 48.3 Å². The Morgan fingerprint density at radius 1 is 0.886 bits per heavy atom. The number of amides is 1. The maximum Gasteiger partial charge on any atom is 0.236 e. The maximum atomic E-state index is 13.0. The highest BCUT2D eigenvalue weighted by Crippen LogP contribution is 2.34. The number of ether oxygens (including phenoxy) is 4. The Morgan fingerprint density at radius 3 is 2.37 bits per heavy atom. The second-order valence-electron chi connectivity index (χ2n) is 9.70. The molecule has 0 saturated carbocycles. The quantitative estimate of drug-likeness (QED) is 0.651. The molecule has 188 valence electrons. The first-order valence-electron chi connectivity index (χ1n) is 12.6. The van der Waals surface area contributed by atoms with Crippen LogP contribution in [0.5, 0.6) is 23.0 Å². The Morgan fingerprint density at radius 2 is 1.57 bits per heavy atom. The van der Waals surface area contributed by atoms with Crippen molar-refractivity contribution in [2.45, 2.75) is 32.9 Å². The van der Waals surface area contributed by atoms with Gasteiger partial charge in [-0.15, -0.1) is 0 Å². The standard InChI is InChI=1S/C27H35N3O5/c1-19(2)27(21-5-7-22-25(15-21)33-13-3-12-32-22)28-16-26(31)30-10-8-29(9-11-30)17-20-4-6-23-24(14-20)35-18-34-23/h4-7,14-15,19,27-28H,3,8-13,16-18H2,1-2H3/t27-/m1/s1. The summed E-state index contributed by atoms with van der Waals surface area (Å²) >= 11 is 0.